The molecular formula is C7H18N2O. The van der Waals surface area contributed by atoms with Crippen molar-refractivity contribution < 1.29 is 4.84 Å². The molecular weight excluding hydrogens is 128 g/mol. The van der Waals surface area contributed by atoms with E-state index in [9.17, 15) is 0 Å². The molecule has 0 aliphatic heterocycles. The average Bonchev–Trinajstić information content (AvgIpc) is 1.79. The third-order valence-electron chi connectivity index (χ3n) is 1.10. The summed E-state index contributed by atoms with van der Waals surface area (Å²) in [5, 5.41) is 1.73. The Bertz CT molecular complexity index is 64.0. The summed E-state index contributed by atoms with van der Waals surface area (Å²) in [4.78, 5) is 7.35. The second-order valence-electron chi connectivity index (χ2n) is 2.80. The summed E-state index contributed by atoms with van der Waals surface area (Å²) >= 11 is 0. The quantitative estimate of drug-likeness (QED) is 0.413. The first-order chi connectivity index (χ1) is 4.63. The number of hydroxylamine groups is 2. The van der Waals surface area contributed by atoms with E-state index in [2.05, 4.69) is 19.0 Å². The lowest BCUT2D eigenvalue weighted by molar-refractivity contribution is -0.120. The summed E-state index contributed by atoms with van der Waals surface area (Å²) in [6, 6.07) is 0. The maximum absolute atomic E-state index is 5.20. The van der Waals surface area contributed by atoms with Crippen molar-refractivity contribution in [3.8, 4) is 0 Å². The smallest absolute Gasteiger partial charge is 0.0697 e. The van der Waals surface area contributed by atoms with Crippen LogP contribution >= 0.6 is 0 Å². The molecule has 0 saturated carbocycles. The van der Waals surface area contributed by atoms with E-state index in [0.717, 1.165) is 19.6 Å². The SMILES string of the molecule is CN(C)CCCON(C)C. The van der Waals surface area contributed by atoms with Gasteiger partial charge in [0, 0.05) is 14.1 Å². The van der Waals surface area contributed by atoms with Crippen LogP contribution in [0.2, 0.25) is 0 Å². The number of rotatable bonds is 5. The van der Waals surface area contributed by atoms with E-state index in [1.165, 1.54) is 0 Å². The summed E-state index contributed by atoms with van der Waals surface area (Å²) in [6.07, 6.45) is 1.09. The lowest BCUT2D eigenvalue weighted by Crippen LogP contribution is -2.18. The van der Waals surface area contributed by atoms with Gasteiger partial charge in [-0.2, -0.15) is 5.06 Å². The highest BCUT2D eigenvalue weighted by atomic mass is 16.7. The van der Waals surface area contributed by atoms with E-state index in [-0.39, 0.29) is 0 Å². The zero-order valence-electron chi connectivity index (χ0n) is 7.42. The predicted octanol–water partition coefficient (Wildman–Crippen LogP) is 0.431. The highest BCUT2D eigenvalue weighted by Gasteiger charge is 1.91. The highest BCUT2D eigenvalue weighted by molar-refractivity contribution is 4.41. The van der Waals surface area contributed by atoms with Crippen LogP contribution in [0.15, 0.2) is 0 Å². The minimum atomic E-state index is 0.811. The van der Waals surface area contributed by atoms with Crippen LogP contribution in [0.25, 0.3) is 0 Å². The van der Waals surface area contributed by atoms with Crippen LogP contribution in [0, 0.1) is 0 Å². The monoisotopic (exact) mass is 146 g/mol. The standard InChI is InChI=1S/C7H18N2O/c1-8(2)6-5-7-10-9(3)4/h5-7H2,1-4H3. The number of hydrogen-bond donors (Lipinski definition) is 0. The molecule has 0 amide bonds. The van der Waals surface area contributed by atoms with Crippen molar-refractivity contribution in [2.24, 2.45) is 0 Å². The van der Waals surface area contributed by atoms with E-state index in [0.29, 0.717) is 0 Å². The summed E-state index contributed by atoms with van der Waals surface area (Å²) in [6.45, 7) is 1.90. The Balaban J connectivity index is 2.91. The molecule has 0 fully saturated rings. The predicted molar refractivity (Wildman–Crippen MR) is 42.8 cm³/mol. The van der Waals surface area contributed by atoms with E-state index in [1.807, 2.05) is 14.1 Å². The maximum Gasteiger partial charge on any atom is 0.0697 e. The molecule has 0 aromatic carbocycles. The van der Waals surface area contributed by atoms with Crippen LogP contribution in [-0.2, 0) is 4.84 Å². The summed E-state index contributed by atoms with van der Waals surface area (Å²) in [7, 11) is 7.93. The van der Waals surface area contributed by atoms with Gasteiger partial charge in [0.25, 0.3) is 0 Å². The second-order valence-corrected chi connectivity index (χ2v) is 2.80. The van der Waals surface area contributed by atoms with Crippen molar-refractivity contribution in [3.63, 3.8) is 0 Å². The van der Waals surface area contributed by atoms with Crippen molar-refractivity contribution in [2.45, 2.75) is 6.42 Å². The molecule has 0 aliphatic carbocycles. The summed E-state index contributed by atoms with van der Waals surface area (Å²) < 4.78 is 0. The van der Waals surface area contributed by atoms with Gasteiger partial charge >= 0.3 is 0 Å². The zero-order valence-corrected chi connectivity index (χ0v) is 7.42. The Kier molecular flexibility index (Phi) is 5.58. The van der Waals surface area contributed by atoms with Crippen LogP contribution in [0.4, 0.5) is 0 Å². The highest BCUT2D eigenvalue weighted by Crippen LogP contribution is 1.86. The fraction of sp³-hybridized carbons (Fsp3) is 1.00. The van der Waals surface area contributed by atoms with Crippen LogP contribution in [-0.4, -0.2) is 51.3 Å². The lowest BCUT2D eigenvalue weighted by Gasteiger charge is -2.12. The molecule has 0 saturated heterocycles. The Morgan fingerprint density at radius 1 is 1.10 bits per heavy atom. The molecule has 62 valence electrons. The average molecular weight is 146 g/mol. The van der Waals surface area contributed by atoms with Gasteiger partial charge in [0.15, 0.2) is 0 Å². The van der Waals surface area contributed by atoms with Gasteiger partial charge in [0.1, 0.15) is 0 Å². The van der Waals surface area contributed by atoms with Gasteiger partial charge in [-0.3, -0.25) is 4.84 Å². The van der Waals surface area contributed by atoms with E-state index < -0.39 is 0 Å². The Labute approximate surface area is 63.5 Å². The third-order valence-corrected chi connectivity index (χ3v) is 1.10. The van der Waals surface area contributed by atoms with Crippen LogP contribution in [0.1, 0.15) is 6.42 Å². The Morgan fingerprint density at radius 3 is 2.10 bits per heavy atom. The summed E-state index contributed by atoms with van der Waals surface area (Å²) in [5.41, 5.74) is 0. The molecule has 0 spiro atoms. The van der Waals surface area contributed by atoms with Gasteiger partial charge in [0.2, 0.25) is 0 Å². The van der Waals surface area contributed by atoms with Gasteiger partial charge in [-0.25, -0.2) is 0 Å². The molecule has 0 rings (SSSR count). The Morgan fingerprint density at radius 2 is 1.70 bits per heavy atom. The first-order valence-electron chi connectivity index (χ1n) is 3.58. The summed E-state index contributed by atoms with van der Waals surface area (Å²) in [5.74, 6) is 0. The van der Waals surface area contributed by atoms with Crippen molar-refractivity contribution in [1.82, 2.24) is 9.96 Å². The molecule has 3 nitrogen and oxygen atoms in total. The molecule has 0 bridgehead atoms. The first-order valence-corrected chi connectivity index (χ1v) is 3.58. The normalized spacial score (nSPS) is 11.4. The van der Waals surface area contributed by atoms with Gasteiger partial charge in [-0.15, -0.1) is 0 Å². The molecule has 0 radical (unpaired) electrons. The maximum atomic E-state index is 5.20. The van der Waals surface area contributed by atoms with Gasteiger partial charge < -0.3 is 4.90 Å². The van der Waals surface area contributed by atoms with Crippen LogP contribution in [0.5, 0.6) is 0 Å². The fourth-order valence-corrected chi connectivity index (χ4v) is 0.628. The van der Waals surface area contributed by atoms with E-state index >= 15 is 0 Å². The molecule has 0 aromatic rings. The molecule has 0 unspecified atom stereocenters. The van der Waals surface area contributed by atoms with Crippen molar-refractivity contribution >= 4 is 0 Å². The van der Waals surface area contributed by atoms with E-state index in [1.54, 1.807) is 5.06 Å². The van der Waals surface area contributed by atoms with Crippen LogP contribution < -0.4 is 0 Å². The number of nitrogens with zero attached hydrogens (tertiary/aromatic N) is 2. The minimum Gasteiger partial charge on any atom is -0.309 e. The van der Waals surface area contributed by atoms with Crippen molar-refractivity contribution in [1.29, 1.82) is 0 Å². The largest absolute Gasteiger partial charge is 0.309 e. The van der Waals surface area contributed by atoms with Crippen molar-refractivity contribution in [3.05, 3.63) is 0 Å². The molecule has 0 N–H and O–H groups in total. The molecule has 0 heterocycles. The van der Waals surface area contributed by atoms with Gasteiger partial charge in [-0.1, -0.05) is 0 Å². The second kappa shape index (κ2) is 5.65. The molecule has 0 aliphatic rings. The van der Waals surface area contributed by atoms with Crippen molar-refractivity contribution in [2.75, 3.05) is 41.3 Å². The Hall–Kier alpha value is -0.120. The fourth-order valence-electron chi connectivity index (χ4n) is 0.628. The minimum absolute atomic E-state index is 0.811. The third kappa shape index (κ3) is 7.88. The van der Waals surface area contributed by atoms with Gasteiger partial charge in [0.05, 0.1) is 6.61 Å². The van der Waals surface area contributed by atoms with Crippen LogP contribution in [0.3, 0.4) is 0 Å². The van der Waals surface area contributed by atoms with E-state index in [4.69, 9.17) is 4.84 Å². The zero-order chi connectivity index (χ0) is 7.98. The molecule has 10 heavy (non-hydrogen) atoms. The lowest BCUT2D eigenvalue weighted by atomic mass is 10.4. The number of hydrogen-bond acceptors (Lipinski definition) is 3. The molecule has 0 aromatic heterocycles. The molecule has 0 atom stereocenters. The topological polar surface area (TPSA) is 15.7 Å². The first kappa shape index (κ1) is 9.88. The van der Waals surface area contributed by atoms with Gasteiger partial charge in [-0.05, 0) is 27.1 Å². The molecule has 3 heteroatoms.